The SMILES string of the molecule is COc1ccc(CNc2nc(=O)n(CC(=O)Nc3ccc(C)c(F)c3)c3ccccc23)cc1. The highest BCUT2D eigenvalue weighted by molar-refractivity contribution is 5.93. The Labute approximate surface area is 189 Å². The molecule has 3 aromatic carbocycles. The number of carbonyl (C=O) groups excluding carboxylic acids is 1. The molecule has 0 radical (unpaired) electrons. The van der Waals surface area contributed by atoms with Crippen molar-refractivity contribution in [2.24, 2.45) is 0 Å². The number of halogens is 1. The summed E-state index contributed by atoms with van der Waals surface area (Å²) in [6.07, 6.45) is 0. The molecule has 0 aliphatic heterocycles. The van der Waals surface area contributed by atoms with Crippen LogP contribution < -0.4 is 21.1 Å². The molecule has 0 atom stereocenters. The van der Waals surface area contributed by atoms with Crippen molar-refractivity contribution >= 4 is 28.3 Å². The highest BCUT2D eigenvalue weighted by Crippen LogP contribution is 2.21. The van der Waals surface area contributed by atoms with Gasteiger partial charge in [0, 0.05) is 17.6 Å². The average molecular weight is 446 g/mol. The zero-order chi connectivity index (χ0) is 23.4. The predicted molar refractivity (Wildman–Crippen MR) is 126 cm³/mol. The molecule has 4 aromatic rings. The van der Waals surface area contributed by atoms with Crippen LogP contribution in [-0.2, 0) is 17.9 Å². The Morgan fingerprint density at radius 3 is 2.58 bits per heavy atom. The van der Waals surface area contributed by atoms with Crippen LogP contribution in [0.2, 0.25) is 0 Å². The number of anilines is 2. The van der Waals surface area contributed by atoms with E-state index >= 15 is 0 Å². The maximum absolute atomic E-state index is 13.8. The second kappa shape index (κ2) is 9.52. The number of rotatable bonds is 7. The lowest BCUT2D eigenvalue weighted by Gasteiger charge is -2.14. The van der Waals surface area contributed by atoms with E-state index in [-0.39, 0.29) is 6.54 Å². The van der Waals surface area contributed by atoms with Crippen molar-refractivity contribution in [3.05, 3.63) is 94.2 Å². The molecule has 0 saturated heterocycles. The second-order valence-electron chi connectivity index (χ2n) is 7.56. The number of carbonyl (C=O) groups is 1. The first kappa shape index (κ1) is 22.0. The summed E-state index contributed by atoms with van der Waals surface area (Å²) < 4.78 is 20.2. The predicted octanol–water partition coefficient (Wildman–Crippen LogP) is 4.10. The first-order valence-corrected chi connectivity index (χ1v) is 10.4. The lowest BCUT2D eigenvalue weighted by Crippen LogP contribution is -2.30. The van der Waals surface area contributed by atoms with E-state index in [1.54, 1.807) is 38.3 Å². The molecule has 0 aliphatic carbocycles. The summed E-state index contributed by atoms with van der Waals surface area (Å²) >= 11 is 0. The number of hydrogen-bond acceptors (Lipinski definition) is 5. The first-order chi connectivity index (χ1) is 15.9. The van der Waals surface area contributed by atoms with E-state index in [2.05, 4.69) is 15.6 Å². The van der Waals surface area contributed by atoms with Crippen LogP contribution >= 0.6 is 0 Å². The van der Waals surface area contributed by atoms with Crippen LogP contribution in [0.4, 0.5) is 15.9 Å². The fourth-order valence-corrected chi connectivity index (χ4v) is 3.46. The molecular formula is C25H23FN4O3. The van der Waals surface area contributed by atoms with Crippen LogP contribution in [0.3, 0.4) is 0 Å². The topological polar surface area (TPSA) is 85.2 Å². The maximum Gasteiger partial charge on any atom is 0.350 e. The molecule has 0 spiro atoms. The van der Waals surface area contributed by atoms with Gasteiger partial charge in [0.1, 0.15) is 23.9 Å². The van der Waals surface area contributed by atoms with Gasteiger partial charge in [0.2, 0.25) is 5.91 Å². The maximum atomic E-state index is 13.8. The van der Waals surface area contributed by atoms with Gasteiger partial charge in [0.15, 0.2) is 0 Å². The lowest BCUT2D eigenvalue weighted by atomic mass is 10.2. The van der Waals surface area contributed by atoms with E-state index in [1.165, 1.54) is 10.6 Å². The number of hydrogen-bond donors (Lipinski definition) is 2. The quantitative estimate of drug-likeness (QED) is 0.446. The molecule has 33 heavy (non-hydrogen) atoms. The summed E-state index contributed by atoms with van der Waals surface area (Å²) in [4.78, 5) is 29.5. The fraction of sp³-hybridized carbons (Fsp3) is 0.160. The highest BCUT2D eigenvalue weighted by atomic mass is 19.1. The summed E-state index contributed by atoms with van der Waals surface area (Å²) in [6, 6.07) is 19.2. The van der Waals surface area contributed by atoms with Gasteiger partial charge in [-0.1, -0.05) is 30.3 Å². The van der Waals surface area contributed by atoms with Gasteiger partial charge in [0.25, 0.3) is 0 Å². The number of fused-ring (bicyclic) bond motifs is 1. The van der Waals surface area contributed by atoms with Crippen LogP contribution in [0.5, 0.6) is 5.75 Å². The van der Waals surface area contributed by atoms with E-state index < -0.39 is 17.4 Å². The molecule has 7 nitrogen and oxygen atoms in total. The monoisotopic (exact) mass is 446 g/mol. The number of amides is 1. The average Bonchev–Trinajstić information content (AvgIpc) is 2.82. The van der Waals surface area contributed by atoms with E-state index in [0.29, 0.717) is 34.5 Å². The van der Waals surface area contributed by atoms with Crippen LogP contribution in [0.1, 0.15) is 11.1 Å². The number of aromatic nitrogens is 2. The molecule has 2 N–H and O–H groups in total. The molecular weight excluding hydrogens is 423 g/mol. The third-order valence-electron chi connectivity index (χ3n) is 5.26. The minimum atomic E-state index is -0.559. The molecule has 0 saturated carbocycles. The molecule has 8 heteroatoms. The molecule has 0 unspecified atom stereocenters. The largest absolute Gasteiger partial charge is 0.497 e. The number of para-hydroxylation sites is 1. The van der Waals surface area contributed by atoms with Crippen molar-refractivity contribution in [2.45, 2.75) is 20.0 Å². The van der Waals surface area contributed by atoms with Gasteiger partial charge in [0.05, 0.1) is 12.6 Å². The van der Waals surface area contributed by atoms with E-state index in [4.69, 9.17) is 4.74 Å². The first-order valence-electron chi connectivity index (χ1n) is 10.4. The summed E-state index contributed by atoms with van der Waals surface area (Å²) in [5.74, 6) is 0.330. The van der Waals surface area contributed by atoms with Crippen LogP contribution in [0.25, 0.3) is 10.9 Å². The van der Waals surface area contributed by atoms with Gasteiger partial charge in [-0.3, -0.25) is 9.36 Å². The van der Waals surface area contributed by atoms with Crippen molar-refractivity contribution in [3.8, 4) is 5.75 Å². The Bertz CT molecular complexity index is 1370. The Kier molecular flexibility index (Phi) is 6.35. The summed E-state index contributed by atoms with van der Waals surface area (Å²) in [7, 11) is 1.61. The third-order valence-corrected chi connectivity index (χ3v) is 5.26. The number of nitrogens with zero attached hydrogens (tertiary/aromatic N) is 2. The number of ether oxygens (including phenoxy) is 1. The minimum absolute atomic E-state index is 0.249. The summed E-state index contributed by atoms with van der Waals surface area (Å²) in [5, 5.41) is 6.54. The number of nitrogens with one attached hydrogen (secondary N) is 2. The smallest absolute Gasteiger partial charge is 0.350 e. The van der Waals surface area contributed by atoms with Gasteiger partial charge in [-0.2, -0.15) is 4.98 Å². The Morgan fingerprint density at radius 1 is 1.09 bits per heavy atom. The Hall–Kier alpha value is -4.20. The van der Waals surface area contributed by atoms with Crippen molar-refractivity contribution < 1.29 is 13.9 Å². The molecule has 0 fully saturated rings. The zero-order valence-electron chi connectivity index (χ0n) is 18.3. The Morgan fingerprint density at radius 2 is 1.85 bits per heavy atom. The van der Waals surface area contributed by atoms with E-state index in [9.17, 15) is 14.0 Å². The summed E-state index contributed by atoms with van der Waals surface area (Å²) in [6.45, 7) is 1.85. The van der Waals surface area contributed by atoms with Crippen LogP contribution in [0.15, 0.2) is 71.5 Å². The normalized spacial score (nSPS) is 10.8. The molecule has 168 valence electrons. The summed E-state index contributed by atoms with van der Waals surface area (Å²) in [5.41, 5.74) is 1.81. The van der Waals surface area contributed by atoms with Gasteiger partial charge in [-0.05, 0) is 54.4 Å². The van der Waals surface area contributed by atoms with Crippen LogP contribution in [-0.4, -0.2) is 22.6 Å². The van der Waals surface area contributed by atoms with Gasteiger partial charge < -0.3 is 15.4 Å². The minimum Gasteiger partial charge on any atom is -0.497 e. The molecule has 4 rings (SSSR count). The number of benzene rings is 3. The standard InChI is InChI=1S/C25H23FN4O3/c1-16-7-10-18(13-21(16)26)28-23(31)15-30-22-6-4-3-5-20(22)24(29-25(30)32)27-14-17-8-11-19(33-2)12-9-17/h3-13H,14-15H2,1-2H3,(H,28,31)(H,27,29,32). The van der Waals surface area contributed by atoms with Gasteiger partial charge >= 0.3 is 5.69 Å². The number of aryl methyl sites for hydroxylation is 1. The Balaban J connectivity index is 1.56. The van der Waals surface area contributed by atoms with Crippen molar-refractivity contribution in [2.75, 3.05) is 17.7 Å². The third kappa shape index (κ3) is 5.01. The van der Waals surface area contributed by atoms with E-state index in [0.717, 1.165) is 11.3 Å². The molecule has 1 aromatic heterocycles. The highest BCUT2D eigenvalue weighted by Gasteiger charge is 2.14. The fourth-order valence-electron chi connectivity index (χ4n) is 3.46. The second-order valence-corrected chi connectivity index (χ2v) is 7.56. The van der Waals surface area contributed by atoms with Gasteiger partial charge in [-0.15, -0.1) is 0 Å². The molecule has 0 aliphatic rings. The zero-order valence-corrected chi connectivity index (χ0v) is 18.3. The molecule has 1 heterocycles. The lowest BCUT2D eigenvalue weighted by molar-refractivity contribution is -0.116. The molecule has 1 amide bonds. The van der Waals surface area contributed by atoms with Crippen LogP contribution in [0, 0.1) is 12.7 Å². The van der Waals surface area contributed by atoms with Crippen molar-refractivity contribution in [1.82, 2.24) is 9.55 Å². The van der Waals surface area contributed by atoms with Crippen molar-refractivity contribution in [3.63, 3.8) is 0 Å². The van der Waals surface area contributed by atoms with Crippen molar-refractivity contribution in [1.29, 1.82) is 0 Å². The van der Waals surface area contributed by atoms with Gasteiger partial charge in [-0.25, -0.2) is 9.18 Å². The molecule has 0 bridgehead atoms. The van der Waals surface area contributed by atoms with E-state index in [1.807, 2.05) is 36.4 Å². The number of methoxy groups -OCH3 is 1.